The Bertz CT molecular complexity index is 627. The first-order valence-corrected chi connectivity index (χ1v) is 6.16. The normalized spacial score (nSPS) is 10.0. The number of rotatable bonds is 3. The maximum absolute atomic E-state index is 13.2. The van der Waals surface area contributed by atoms with Crippen molar-refractivity contribution in [2.75, 3.05) is 5.32 Å². The molecule has 0 aliphatic rings. The quantitative estimate of drug-likeness (QED) is 0.907. The maximum atomic E-state index is 13.2. The first kappa shape index (κ1) is 13.4. The van der Waals surface area contributed by atoms with Crippen LogP contribution in [0.4, 0.5) is 10.1 Å². The van der Waals surface area contributed by atoms with Gasteiger partial charge >= 0.3 is 0 Å². The summed E-state index contributed by atoms with van der Waals surface area (Å²) in [6.45, 7) is 2.32. The third-order valence-electron chi connectivity index (χ3n) is 2.71. The number of benzene rings is 2. The molecule has 0 fully saturated rings. The molecule has 0 aromatic heterocycles. The van der Waals surface area contributed by atoms with Crippen LogP contribution in [-0.4, -0.2) is 0 Å². The van der Waals surface area contributed by atoms with Crippen LogP contribution < -0.4 is 5.32 Å². The minimum Gasteiger partial charge on any atom is -0.381 e. The van der Waals surface area contributed by atoms with Crippen LogP contribution in [0.5, 0.6) is 0 Å². The molecule has 0 atom stereocenters. The molecule has 0 unspecified atom stereocenters. The summed E-state index contributed by atoms with van der Waals surface area (Å²) in [6.07, 6.45) is 0. The molecule has 1 N–H and O–H groups in total. The molecule has 2 rings (SSSR count). The molecule has 96 valence electrons. The molecule has 0 spiro atoms. The molecule has 0 saturated heterocycles. The Labute approximate surface area is 116 Å². The fourth-order valence-electron chi connectivity index (χ4n) is 1.80. The van der Waals surface area contributed by atoms with Crippen molar-refractivity contribution in [1.29, 1.82) is 5.26 Å². The maximum Gasteiger partial charge on any atom is 0.125 e. The fourth-order valence-corrected chi connectivity index (χ4v) is 2.04. The average molecular weight is 275 g/mol. The van der Waals surface area contributed by atoms with Crippen molar-refractivity contribution in [3.63, 3.8) is 0 Å². The number of nitriles is 1. The zero-order chi connectivity index (χ0) is 13.8. The van der Waals surface area contributed by atoms with Crippen molar-refractivity contribution < 1.29 is 4.39 Å². The predicted octanol–water partition coefficient (Wildman–Crippen LogP) is 4.27. The first-order valence-electron chi connectivity index (χ1n) is 5.78. The molecular formula is C15H12ClFN2. The van der Waals surface area contributed by atoms with Crippen molar-refractivity contribution in [2.24, 2.45) is 0 Å². The minimum absolute atomic E-state index is 0.270. The van der Waals surface area contributed by atoms with Crippen LogP contribution in [0.25, 0.3) is 0 Å². The van der Waals surface area contributed by atoms with Crippen LogP contribution >= 0.6 is 11.6 Å². The highest BCUT2D eigenvalue weighted by molar-refractivity contribution is 6.31. The molecule has 0 radical (unpaired) electrons. The van der Waals surface area contributed by atoms with Crippen LogP contribution in [0.1, 0.15) is 16.7 Å². The van der Waals surface area contributed by atoms with Crippen LogP contribution in [0.2, 0.25) is 5.02 Å². The van der Waals surface area contributed by atoms with E-state index in [-0.39, 0.29) is 5.82 Å². The van der Waals surface area contributed by atoms with Crippen molar-refractivity contribution >= 4 is 17.3 Å². The third kappa shape index (κ3) is 3.46. The Morgan fingerprint density at radius 1 is 1.26 bits per heavy atom. The van der Waals surface area contributed by atoms with Gasteiger partial charge in [-0.05, 0) is 48.4 Å². The van der Waals surface area contributed by atoms with Crippen molar-refractivity contribution in [2.45, 2.75) is 13.5 Å². The lowest BCUT2D eigenvalue weighted by atomic mass is 10.1. The van der Waals surface area contributed by atoms with E-state index in [0.29, 0.717) is 22.8 Å². The van der Waals surface area contributed by atoms with Gasteiger partial charge in [0.2, 0.25) is 0 Å². The van der Waals surface area contributed by atoms with E-state index >= 15 is 0 Å². The van der Waals surface area contributed by atoms with Gasteiger partial charge in [0.05, 0.1) is 11.6 Å². The summed E-state index contributed by atoms with van der Waals surface area (Å²) in [4.78, 5) is 0. The predicted molar refractivity (Wildman–Crippen MR) is 74.6 cm³/mol. The lowest BCUT2D eigenvalue weighted by Crippen LogP contribution is -2.01. The van der Waals surface area contributed by atoms with E-state index in [0.717, 1.165) is 11.1 Å². The largest absolute Gasteiger partial charge is 0.381 e. The van der Waals surface area contributed by atoms with Gasteiger partial charge in [0.1, 0.15) is 5.82 Å². The van der Waals surface area contributed by atoms with Gasteiger partial charge in [-0.25, -0.2) is 4.39 Å². The molecule has 0 saturated carbocycles. The molecule has 0 bridgehead atoms. The SMILES string of the molecule is Cc1cc(F)cc(NCc2ccc(C#N)cc2Cl)c1. The second-order valence-corrected chi connectivity index (χ2v) is 4.70. The number of nitrogens with one attached hydrogen (secondary N) is 1. The highest BCUT2D eigenvalue weighted by Crippen LogP contribution is 2.20. The number of halogens is 2. The van der Waals surface area contributed by atoms with E-state index in [2.05, 4.69) is 5.32 Å². The molecule has 0 aliphatic carbocycles. The number of aryl methyl sites for hydroxylation is 1. The fraction of sp³-hybridized carbons (Fsp3) is 0.133. The van der Waals surface area contributed by atoms with Gasteiger partial charge in [-0.1, -0.05) is 17.7 Å². The van der Waals surface area contributed by atoms with Gasteiger partial charge in [0, 0.05) is 17.3 Å². The van der Waals surface area contributed by atoms with Gasteiger partial charge in [-0.3, -0.25) is 0 Å². The van der Waals surface area contributed by atoms with Gasteiger partial charge in [-0.15, -0.1) is 0 Å². The van der Waals surface area contributed by atoms with E-state index in [1.807, 2.05) is 19.1 Å². The zero-order valence-corrected chi connectivity index (χ0v) is 11.1. The second kappa shape index (κ2) is 5.73. The van der Waals surface area contributed by atoms with Crippen molar-refractivity contribution in [3.05, 3.63) is 63.9 Å². The highest BCUT2D eigenvalue weighted by atomic mass is 35.5. The summed E-state index contributed by atoms with van der Waals surface area (Å²) < 4.78 is 13.2. The van der Waals surface area contributed by atoms with Gasteiger partial charge < -0.3 is 5.32 Å². The Morgan fingerprint density at radius 3 is 2.68 bits per heavy atom. The Balaban J connectivity index is 2.12. The van der Waals surface area contributed by atoms with Crippen LogP contribution in [0.15, 0.2) is 36.4 Å². The van der Waals surface area contributed by atoms with Gasteiger partial charge in [-0.2, -0.15) is 5.26 Å². The summed E-state index contributed by atoms with van der Waals surface area (Å²) in [5.74, 6) is -0.270. The van der Waals surface area contributed by atoms with Crippen LogP contribution in [0, 0.1) is 24.1 Å². The molecule has 2 aromatic rings. The zero-order valence-electron chi connectivity index (χ0n) is 10.4. The summed E-state index contributed by atoms with van der Waals surface area (Å²) in [5, 5.41) is 12.4. The van der Waals surface area contributed by atoms with Gasteiger partial charge in [0.15, 0.2) is 0 Å². The summed E-state index contributed by atoms with van der Waals surface area (Å²) in [7, 11) is 0. The monoisotopic (exact) mass is 274 g/mol. The second-order valence-electron chi connectivity index (χ2n) is 4.29. The molecule has 0 amide bonds. The van der Waals surface area contributed by atoms with E-state index < -0.39 is 0 Å². The minimum atomic E-state index is -0.270. The molecule has 0 heterocycles. The Kier molecular flexibility index (Phi) is 4.03. The standard InChI is InChI=1S/C15H12ClFN2/c1-10-4-13(17)7-14(5-10)19-9-12-3-2-11(8-18)6-15(12)16/h2-7,19H,9H2,1H3. The molecule has 19 heavy (non-hydrogen) atoms. The Morgan fingerprint density at radius 2 is 2.05 bits per heavy atom. The molecular weight excluding hydrogens is 263 g/mol. The topological polar surface area (TPSA) is 35.8 Å². The van der Waals surface area contributed by atoms with E-state index in [1.165, 1.54) is 12.1 Å². The molecule has 4 heteroatoms. The summed E-state index contributed by atoms with van der Waals surface area (Å²) >= 11 is 6.07. The number of anilines is 1. The van der Waals surface area contributed by atoms with Gasteiger partial charge in [0.25, 0.3) is 0 Å². The molecule has 2 aromatic carbocycles. The van der Waals surface area contributed by atoms with Crippen molar-refractivity contribution in [1.82, 2.24) is 0 Å². The molecule has 0 aliphatic heterocycles. The number of hydrogen-bond donors (Lipinski definition) is 1. The highest BCUT2D eigenvalue weighted by Gasteiger charge is 2.03. The summed E-state index contributed by atoms with van der Waals surface area (Å²) in [6, 6.07) is 11.9. The lowest BCUT2D eigenvalue weighted by Gasteiger charge is -2.09. The lowest BCUT2D eigenvalue weighted by molar-refractivity contribution is 0.627. The number of nitrogens with zero attached hydrogens (tertiary/aromatic N) is 1. The van der Waals surface area contributed by atoms with Crippen LogP contribution in [-0.2, 0) is 6.54 Å². The smallest absolute Gasteiger partial charge is 0.125 e. The first-order chi connectivity index (χ1) is 9.08. The van der Waals surface area contributed by atoms with E-state index in [1.54, 1.807) is 18.2 Å². The van der Waals surface area contributed by atoms with E-state index in [4.69, 9.17) is 16.9 Å². The van der Waals surface area contributed by atoms with E-state index in [9.17, 15) is 4.39 Å². The van der Waals surface area contributed by atoms with Crippen molar-refractivity contribution in [3.8, 4) is 6.07 Å². The third-order valence-corrected chi connectivity index (χ3v) is 3.06. The summed E-state index contributed by atoms with van der Waals surface area (Å²) in [5.41, 5.74) is 2.95. The van der Waals surface area contributed by atoms with Crippen LogP contribution in [0.3, 0.4) is 0 Å². The average Bonchev–Trinajstić information content (AvgIpc) is 2.36. The Hall–Kier alpha value is -2.05. The molecule has 2 nitrogen and oxygen atoms in total. The number of hydrogen-bond acceptors (Lipinski definition) is 2.